The summed E-state index contributed by atoms with van der Waals surface area (Å²) in [4.78, 5) is 57.8. The summed E-state index contributed by atoms with van der Waals surface area (Å²) < 4.78 is 4.99. The molecule has 2 unspecified atom stereocenters. The van der Waals surface area contributed by atoms with Crippen molar-refractivity contribution in [2.24, 2.45) is 5.16 Å². The quantitative estimate of drug-likeness (QED) is 0.133. The van der Waals surface area contributed by atoms with Crippen molar-refractivity contribution in [3.05, 3.63) is 22.5 Å². The van der Waals surface area contributed by atoms with Gasteiger partial charge in [0.2, 0.25) is 0 Å². The van der Waals surface area contributed by atoms with Crippen LogP contribution in [0.25, 0.3) is 0 Å². The maximum atomic E-state index is 12.7. The number of carboxylic acids is 1. The molecule has 160 valence electrons. The number of thiazole rings is 1. The number of oxime groups is 1. The third-order valence-corrected chi connectivity index (χ3v) is 6.18. The number of ether oxygens (including phenoxy) is 1. The number of anilines is 1. The minimum atomic E-state index is -1.67. The molecule has 31 heavy (non-hydrogen) atoms. The maximum Gasteiger partial charge on any atom is 1.00 e. The molecule has 2 aliphatic rings. The molecule has 3 heterocycles. The number of hydrogen-bond donors (Lipinski definition) is 2. The van der Waals surface area contributed by atoms with Crippen molar-refractivity contribution < 1.29 is 63.4 Å². The predicted molar refractivity (Wildman–Crippen MR) is 103 cm³/mol. The number of aliphatic carboxylic acids is 1. The largest absolute Gasteiger partial charge is 1.00 e. The summed E-state index contributed by atoms with van der Waals surface area (Å²) in [6, 6.07) is -1.05. The number of carbonyl (C=O) groups is 4. The number of esters is 1. The molecule has 0 bridgehead atoms. The number of fused-ring (bicyclic) bond motifs is 1. The molecule has 3 rings (SSSR count). The molecule has 3 atom stereocenters. The molecule has 3 N–H and O–H groups in total. The molecule has 1 saturated heterocycles. The number of nitrogens with zero attached hydrogens (tertiary/aromatic N) is 3. The summed E-state index contributed by atoms with van der Waals surface area (Å²) >= 11 is 2.24. The summed E-state index contributed by atoms with van der Waals surface area (Å²) in [5.74, 6) is -4.03. The summed E-state index contributed by atoms with van der Waals surface area (Å²) in [5.41, 5.74) is 5.02. The van der Waals surface area contributed by atoms with Gasteiger partial charge in [-0.25, -0.2) is 4.98 Å². The molecule has 0 radical (unpaired) electrons. The van der Waals surface area contributed by atoms with Crippen molar-refractivity contribution in [1.29, 1.82) is 0 Å². The SMILES string of the molecule is CON=C(C(=O)NC1C(=O)N2C(C(=O)[O-])=C(OC(C)=O)C(C)S[C@H]12)c1csc(N)n1.[Na+]. The van der Waals surface area contributed by atoms with Gasteiger partial charge in [0.25, 0.3) is 11.8 Å². The zero-order valence-corrected chi connectivity index (χ0v) is 20.5. The van der Waals surface area contributed by atoms with Gasteiger partial charge in [-0.2, -0.15) is 0 Å². The van der Waals surface area contributed by atoms with E-state index in [1.54, 1.807) is 6.92 Å². The summed E-state index contributed by atoms with van der Waals surface area (Å²) in [7, 11) is 1.24. The summed E-state index contributed by atoms with van der Waals surface area (Å²) in [6.07, 6.45) is 0. The fourth-order valence-corrected chi connectivity index (χ4v) is 4.87. The van der Waals surface area contributed by atoms with Gasteiger partial charge in [0.15, 0.2) is 10.8 Å². The average molecular weight is 477 g/mol. The van der Waals surface area contributed by atoms with Crippen LogP contribution in [-0.4, -0.2) is 63.1 Å². The Labute approximate surface area is 206 Å². The van der Waals surface area contributed by atoms with E-state index in [1.807, 2.05) is 0 Å². The number of rotatable bonds is 6. The Bertz CT molecular complexity index is 995. The van der Waals surface area contributed by atoms with Crippen molar-refractivity contribution in [2.75, 3.05) is 12.8 Å². The first kappa shape index (κ1) is 25.1. The molecular weight excluding hydrogens is 461 g/mol. The van der Waals surface area contributed by atoms with Crippen molar-refractivity contribution in [1.82, 2.24) is 15.2 Å². The van der Waals surface area contributed by atoms with Crippen LogP contribution in [0.2, 0.25) is 0 Å². The number of nitrogen functional groups attached to an aromatic ring is 1. The van der Waals surface area contributed by atoms with Crippen molar-refractivity contribution in [3.63, 3.8) is 0 Å². The van der Waals surface area contributed by atoms with E-state index in [-0.39, 0.29) is 51.9 Å². The Morgan fingerprint density at radius 1 is 1.39 bits per heavy atom. The van der Waals surface area contributed by atoms with Crippen LogP contribution in [0.1, 0.15) is 19.5 Å². The van der Waals surface area contributed by atoms with Crippen LogP contribution in [0.15, 0.2) is 22.0 Å². The van der Waals surface area contributed by atoms with Crippen molar-refractivity contribution in [2.45, 2.75) is 30.5 Å². The van der Waals surface area contributed by atoms with Gasteiger partial charge in [-0.3, -0.25) is 19.3 Å². The van der Waals surface area contributed by atoms with Gasteiger partial charge in [-0.15, -0.1) is 23.1 Å². The Hall–Kier alpha value is -2.13. The van der Waals surface area contributed by atoms with Crippen LogP contribution in [0, 0.1) is 0 Å². The zero-order chi connectivity index (χ0) is 22.2. The molecule has 1 aromatic rings. The monoisotopic (exact) mass is 477 g/mol. The number of β-lactam (4-membered cyclic amide) rings is 1. The van der Waals surface area contributed by atoms with Crippen LogP contribution in [0.4, 0.5) is 5.13 Å². The average Bonchev–Trinajstić information content (AvgIpc) is 3.10. The molecule has 15 heteroatoms. The number of carbonyl (C=O) groups excluding carboxylic acids is 4. The number of nitrogens with two attached hydrogens (primary N) is 1. The topological polar surface area (TPSA) is 176 Å². The Morgan fingerprint density at radius 2 is 2.06 bits per heavy atom. The van der Waals surface area contributed by atoms with Crippen LogP contribution in [-0.2, 0) is 28.8 Å². The number of hydrogen-bond acceptors (Lipinski definition) is 12. The van der Waals surface area contributed by atoms with E-state index in [2.05, 4.69) is 20.3 Å². The van der Waals surface area contributed by atoms with Crippen molar-refractivity contribution in [3.8, 4) is 0 Å². The fourth-order valence-electron chi connectivity index (χ4n) is 2.94. The standard InChI is InChI=1S/C16H17N5O7S2.Na/c1-5-11(28-6(2)22)10(15(25)26)21-13(24)9(14(21)30-5)19-12(23)8(20-27-3)7-4-29-16(17)18-7;/h4-5,9,14H,1-3H3,(H2,17,18)(H,19,23)(H,25,26);/q;+1/p-1/t5?,9?,14-;/m1./s1. The van der Waals surface area contributed by atoms with Crippen LogP contribution in [0.5, 0.6) is 0 Å². The first-order valence-corrected chi connectivity index (χ1v) is 10.2. The van der Waals surface area contributed by atoms with Crippen LogP contribution >= 0.6 is 23.1 Å². The smallest absolute Gasteiger partial charge is 0.543 e. The number of aromatic nitrogens is 1. The molecule has 0 saturated carbocycles. The Morgan fingerprint density at radius 3 is 2.58 bits per heavy atom. The fraction of sp³-hybridized carbons (Fsp3) is 0.375. The number of amides is 2. The van der Waals surface area contributed by atoms with E-state index in [0.717, 1.165) is 34.9 Å². The van der Waals surface area contributed by atoms with Gasteiger partial charge >= 0.3 is 35.5 Å². The second kappa shape index (κ2) is 9.99. The van der Waals surface area contributed by atoms with Gasteiger partial charge in [0.05, 0.1) is 11.2 Å². The number of nitrogens with one attached hydrogen (secondary N) is 1. The Balaban J connectivity index is 0.00000341. The van der Waals surface area contributed by atoms with Gasteiger partial charge in [0, 0.05) is 12.3 Å². The molecule has 1 aromatic heterocycles. The van der Waals surface area contributed by atoms with Gasteiger partial charge < -0.3 is 30.5 Å². The van der Waals surface area contributed by atoms with Gasteiger partial charge in [0.1, 0.15) is 35.7 Å². The minimum absolute atomic E-state index is 0. The molecule has 2 amide bonds. The molecule has 2 aliphatic heterocycles. The number of thioether (sulfide) groups is 1. The minimum Gasteiger partial charge on any atom is -0.543 e. The van der Waals surface area contributed by atoms with Gasteiger partial charge in [-0.1, -0.05) is 5.16 Å². The third-order valence-electron chi connectivity index (χ3n) is 4.13. The first-order valence-electron chi connectivity index (χ1n) is 8.41. The van der Waals surface area contributed by atoms with E-state index >= 15 is 0 Å². The molecular formula is C16H16N5NaO7S2. The van der Waals surface area contributed by atoms with Crippen LogP contribution < -0.4 is 45.7 Å². The van der Waals surface area contributed by atoms with E-state index in [1.165, 1.54) is 12.5 Å². The predicted octanol–water partition coefficient (Wildman–Crippen LogP) is -4.61. The molecule has 0 spiro atoms. The zero-order valence-electron chi connectivity index (χ0n) is 16.9. The second-order valence-electron chi connectivity index (χ2n) is 6.12. The van der Waals surface area contributed by atoms with E-state index in [0.29, 0.717) is 0 Å². The molecule has 1 fully saturated rings. The van der Waals surface area contributed by atoms with E-state index in [4.69, 9.17) is 10.5 Å². The second-order valence-corrected chi connectivity index (χ2v) is 8.47. The molecule has 0 aromatic carbocycles. The summed E-state index contributed by atoms with van der Waals surface area (Å²) in [5, 5.41) is 18.2. The molecule has 0 aliphatic carbocycles. The number of carboxylic acid groups (broad SMARTS) is 1. The van der Waals surface area contributed by atoms with E-state index < -0.39 is 46.1 Å². The normalized spacial score (nSPS) is 22.7. The first-order chi connectivity index (χ1) is 14.1. The summed E-state index contributed by atoms with van der Waals surface area (Å²) in [6.45, 7) is 2.73. The van der Waals surface area contributed by atoms with Gasteiger partial charge in [-0.05, 0) is 6.92 Å². The van der Waals surface area contributed by atoms with Crippen molar-refractivity contribution >= 4 is 57.7 Å². The molecule has 12 nitrogen and oxygen atoms in total. The Kier molecular flexibility index (Phi) is 8.10. The third kappa shape index (κ3) is 4.87. The maximum absolute atomic E-state index is 12.7. The van der Waals surface area contributed by atoms with E-state index in [9.17, 15) is 24.3 Å². The van der Waals surface area contributed by atoms with Crippen LogP contribution in [0.3, 0.4) is 0 Å².